The van der Waals surface area contributed by atoms with E-state index < -0.39 is 0 Å². The predicted molar refractivity (Wildman–Crippen MR) is 87.3 cm³/mol. The second-order valence-corrected chi connectivity index (χ2v) is 6.90. The highest BCUT2D eigenvalue weighted by molar-refractivity contribution is 5.75. The average molecular weight is 316 g/mol. The number of pyridine rings is 1. The van der Waals surface area contributed by atoms with E-state index in [9.17, 15) is 4.79 Å². The third-order valence-electron chi connectivity index (χ3n) is 5.17. The normalized spacial score (nSPS) is 26.5. The molecule has 0 aromatic carbocycles. The molecule has 1 N–H and O–H groups in total. The van der Waals surface area contributed by atoms with Crippen molar-refractivity contribution in [1.29, 1.82) is 0 Å². The molecule has 0 bridgehead atoms. The molecule has 23 heavy (non-hydrogen) atoms. The maximum absolute atomic E-state index is 12.6. The van der Waals surface area contributed by atoms with Crippen molar-refractivity contribution < 1.29 is 9.53 Å². The minimum atomic E-state index is 0.0504. The number of anilines is 1. The van der Waals surface area contributed by atoms with Gasteiger partial charge in [-0.2, -0.15) is 0 Å². The lowest BCUT2D eigenvalue weighted by Gasteiger charge is -2.26. The predicted octanol–water partition coefficient (Wildman–Crippen LogP) is 1.61. The molecule has 0 spiro atoms. The highest BCUT2D eigenvalue weighted by Gasteiger charge is 2.38. The smallest absolute Gasteiger partial charge is 0.317 e. The molecule has 2 fully saturated rings. The molecule has 2 amide bonds. The van der Waals surface area contributed by atoms with Gasteiger partial charge in [-0.05, 0) is 31.2 Å². The molecule has 1 aromatic heterocycles. The number of amides is 2. The quantitative estimate of drug-likeness (QED) is 0.920. The lowest BCUT2D eigenvalue weighted by Crippen LogP contribution is -2.45. The van der Waals surface area contributed by atoms with Crippen LogP contribution in [-0.2, 0) is 11.3 Å². The Kier molecular flexibility index (Phi) is 3.85. The van der Waals surface area contributed by atoms with Crippen molar-refractivity contribution in [3.63, 3.8) is 0 Å². The molecule has 3 aliphatic rings. The first-order valence-corrected chi connectivity index (χ1v) is 8.50. The Labute approximate surface area is 136 Å². The Bertz CT molecular complexity index is 590. The molecule has 2 atom stereocenters. The lowest BCUT2D eigenvalue weighted by atomic mass is 10.2. The summed E-state index contributed by atoms with van der Waals surface area (Å²) in [7, 11) is 1.76. The summed E-state index contributed by atoms with van der Waals surface area (Å²) in [5.74, 6) is 1.70. The molecular formula is C17H24N4O2. The molecular weight excluding hydrogens is 292 g/mol. The molecule has 1 aliphatic carbocycles. The molecule has 0 radical (unpaired) electrons. The number of nitrogens with zero attached hydrogens (tertiary/aromatic N) is 3. The van der Waals surface area contributed by atoms with E-state index in [0.717, 1.165) is 37.4 Å². The van der Waals surface area contributed by atoms with Crippen LogP contribution >= 0.6 is 0 Å². The molecule has 4 rings (SSSR count). The molecule has 1 saturated carbocycles. The summed E-state index contributed by atoms with van der Waals surface area (Å²) < 4.78 is 5.55. The van der Waals surface area contributed by atoms with Gasteiger partial charge in [0.25, 0.3) is 0 Å². The average Bonchev–Trinajstić information content (AvgIpc) is 3.34. The van der Waals surface area contributed by atoms with Crippen LogP contribution in [0.25, 0.3) is 0 Å². The van der Waals surface area contributed by atoms with Gasteiger partial charge in [0, 0.05) is 38.5 Å². The minimum Gasteiger partial charge on any atom is -0.380 e. The largest absolute Gasteiger partial charge is 0.380 e. The van der Waals surface area contributed by atoms with Gasteiger partial charge in [0.2, 0.25) is 0 Å². The van der Waals surface area contributed by atoms with Crippen molar-refractivity contribution in [1.82, 2.24) is 15.2 Å². The number of hydrogen-bond donors (Lipinski definition) is 1. The number of urea groups is 1. The van der Waals surface area contributed by atoms with Crippen LogP contribution in [0, 0.1) is 5.92 Å². The number of nitrogens with one attached hydrogen (secondary N) is 1. The number of ether oxygens (including phenoxy) is 1. The lowest BCUT2D eigenvalue weighted by molar-refractivity contribution is 0.116. The topological polar surface area (TPSA) is 57.7 Å². The molecule has 124 valence electrons. The van der Waals surface area contributed by atoms with Gasteiger partial charge in [0.15, 0.2) is 0 Å². The Morgan fingerprint density at radius 3 is 3.09 bits per heavy atom. The van der Waals surface area contributed by atoms with E-state index in [4.69, 9.17) is 4.74 Å². The zero-order valence-corrected chi connectivity index (χ0v) is 13.6. The van der Waals surface area contributed by atoms with Gasteiger partial charge in [-0.1, -0.05) is 6.07 Å². The van der Waals surface area contributed by atoms with Gasteiger partial charge in [0.1, 0.15) is 5.82 Å². The fourth-order valence-electron chi connectivity index (χ4n) is 3.63. The van der Waals surface area contributed by atoms with Gasteiger partial charge in [-0.3, -0.25) is 0 Å². The van der Waals surface area contributed by atoms with Crippen molar-refractivity contribution in [2.24, 2.45) is 5.92 Å². The van der Waals surface area contributed by atoms with Crippen LogP contribution < -0.4 is 10.2 Å². The summed E-state index contributed by atoms with van der Waals surface area (Å²) in [6.45, 7) is 3.02. The molecule has 3 heterocycles. The van der Waals surface area contributed by atoms with E-state index in [0.29, 0.717) is 12.5 Å². The van der Waals surface area contributed by atoms with E-state index in [1.54, 1.807) is 7.11 Å². The maximum atomic E-state index is 12.6. The molecule has 0 unspecified atom stereocenters. The molecule has 1 saturated heterocycles. The van der Waals surface area contributed by atoms with Crippen LogP contribution in [0.4, 0.5) is 10.6 Å². The van der Waals surface area contributed by atoms with Crippen LogP contribution in [0.1, 0.15) is 24.8 Å². The van der Waals surface area contributed by atoms with E-state index in [1.807, 2.05) is 17.2 Å². The highest BCUT2D eigenvalue weighted by atomic mass is 16.5. The Morgan fingerprint density at radius 1 is 1.43 bits per heavy atom. The van der Waals surface area contributed by atoms with Gasteiger partial charge < -0.3 is 19.9 Å². The third kappa shape index (κ3) is 3.00. The second kappa shape index (κ2) is 6.00. The summed E-state index contributed by atoms with van der Waals surface area (Å²) in [4.78, 5) is 21.4. The number of aromatic nitrogens is 1. The Hall–Kier alpha value is -1.82. The van der Waals surface area contributed by atoms with E-state index in [-0.39, 0.29) is 18.2 Å². The molecule has 6 nitrogen and oxygen atoms in total. The summed E-state index contributed by atoms with van der Waals surface area (Å²) in [6, 6.07) is 4.35. The zero-order chi connectivity index (χ0) is 15.8. The van der Waals surface area contributed by atoms with E-state index in [2.05, 4.69) is 21.3 Å². The fraction of sp³-hybridized carbons (Fsp3) is 0.647. The van der Waals surface area contributed by atoms with E-state index in [1.165, 1.54) is 12.8 Å². The molecule has 6 heteroatoms. The van der Waals surface area contributed by atoms with Crippen LogP contribution in [0.5, 0.6) is 0 Å². The van der Waals surface area contributed by atoms with Crippen LogP contribution in [-0.4, -0.2) is 54.8 Å². The van der Waals surface area contributed by atoms with Crippen LogP contribution in [0.2, 0.25) is 0 Å². The number of rotatable bonds is 3. The van der Waals surface area contributed by atoms with Crippen LogP contribution in [0.3, 0.4) is 0 Å². The van der Waals surface area contributed by atoms with Crippen molar-refractivity contribution >= 4 is 11.8 Å². The number of hydrogen-bond acceptors (Lipinski definition) is 4. The number of methoxy groups -OCH3 is 1. The van der Waals surface area contributed by atoms with Gasteiger partial charge in [-0.25, -0.2) is 9.78 Å². The highest BCUT2D eigenvalue weighted by Crippen LogP contribution is 2.32. The monoisotopic (exact) mass is 316 g/mol. The van der Waals surface area contributed by atoms with E-state index >= 15 is 0 Å². The Balaban J connectivity index is 1.55. The molecule has 1 aromatic rings. The van der Waals surface area contributed by atoms with Gasteiger partial charge >= 0.3 is 6.03 Å². The minimum absolute atomic E-state index is 0.0504. The van der Waals surface area contributed by atoms with Gasteiger partial charge in [-0.15, -0.1) is 0 Å². The van der Waals surface area contributed by atoms with Crippen molar-refractivity contribution in [3.8, 4) is 0 Å². The first kappa shape index (κ1) is 14.8. The number of carbonyl (C=O) groups excluding carboxylic acids is 1. The number of fused-ring (bicyclic) bond motifs is 3. The number of carbonyl (C=O) groups is 1. The first-order valence-electron chi connectivity index (χ1n) is 8.50. The zero-order valence-electron chi connectivity index (χ0n) is 13.6. The fourth-order valence-corrected chi connectivity index (χ4v) is 3.63. The van der Waals surface area contributed by atoms with Gasteiger partial charge in [0.05, 0.1) is 18.7 Å². The summed E-state index contributed by atoms with van der Waals surface area (Å²) in [5, 5.41) is 3.09. The third-order valence-corrected chi connectivity index (χ3v) is 5.17. The summed E-state index contributed by atoms with van der Waals surface area (Å²) in [5.41, 5.74) is 1.12. The maximum Gasteiger partial charge on any atom is 0.317 e. The standard InChI is InChI=1S/C17H24N4O2/c1-23-15-7-14-10-20(17(22)19-8-12-4-5-12)9-13-3-2-6-18-16(13)21(14)11-15/h2-3,6,12,14-15H,4-5,7-11H2,1H3,(H,19,22)/t14-,15-/m1/s1. The van der Waals surface area contributed by atoms with Crippen molar-refractivity contribution in [3.05, 3.63) is 23.9 Å². The Morgan fingerprint density at radius 2 is 2.30 bits per heavy atom. The van der Waals surface area contributed by atoms with Crippen molar-refractivity contribution in [2.75, 3.05) is 31.6 Å². The first-order chi connectivity index (χ1) is 11.2. The summed E-state index contributed by atoms with van der Waals surface area (Å²) >= 11 is 0. The molecule has 2 aliphatic heterocycles. The second-order valence-electron chi connectivity index (χ2n) is 6.90. The van der Waals surface area contributed by atoms with Crippen LogP contribution in [0.15, 0.2) is 18.3 Å². The van der Waals surface area contributed by atoms with Crippen molar-refractivity contribution in [2.45, 2.75) is 38.0 Å². The summed E-state index contributed by atoms with van der Waals surface area (Å²) in [6.07, 6.45) is 5.49. The SMILES string of the molecule is CO[C@@H]1C[C@@H]2CN(C(=O)NCC3CC3)Cc3cccnc3N2C1.